The van der Waals surface area contributed by atoms with Crippen molar-refractivity contribution in [3.05, 3.63) is 39.5 Å². The van der Waals surface area contributed by atoms with Crippen molar-refractivity contribution in [1.29, 1.82) is 0 Å². The molecule has 146 valence electrons. The molecule has 0 aromatic carbocycles. The molecule has 3 heterocycles. The number of nitrogens with one attached hydrogen (secondary N) is 1. The van der Waals surface area contributed by atoms with Crippen LogP contribution in [0.25, 0.3) is 10.6 Å². The number of carbonyl (C=O) groups excluding carboxylic acids is 2. The molecule has 0 aliphatic heterocycles. The molecule has 0 spiro atoms. The summed E-state index contributed by atoms with van der Waals surface area (Å²) in [6.07, 6.45) is 8.64. The number of thiophene rings is 1. The number of methoxy groups -OCH3 is 1. The van der Waals surface area contributed by atoms with Gasteiger partial charge < -0.3 is 10.1 Å². The zero-order valence-electron chi connectivity index (χ0n) is 15.7. The van der Waals surface area contributed by atoms with Crippen molar-refractivity contribution < 1.29 is 14.3 Å². The Kier molecular flexibility index (Phi) is 5.27. The minimum absolute atomic E-state index is 0.322. The summed E-state index contributed by atoms with van der Waals surface area (Å²) in [5.41, 5.74) is 2.72. The number of fused-ring (bicyclic) bond motifs is 1. The van der Waals surface area contributed by atoms with Crippen molar-refractivity contribution in [3.8, 4) is 10.6 Å². The SMILES string of the molecule is COC(=O)c1c(NC(=O)c2csc(-c3cnn(C)c3)n2)sc2c1CCCCC2. The number of anilines is 1. The van der Waals surface area contributed by atoms with E-state index >= 15 is 0 Å². The molecule has 1 N–H and O–H groups in total. The average Bonchev–Trinajstić information content (AvgIpc) is 3.37. The van der Waals surface area contributed by atoms with Crippen molar-refractivity contribution in [3.63, 3.8) is 0 Å². The average molecular weight is 417 g/mol. The summed E-state index contributed by atoms with van der Waals surface area (Å²) in [7, 11) is 3.20. The van der Waals surface area contributed by atoms with Crippen molar-refractivity contribution >= 4 is 39.6 Å². The van der Waals surface area contributed by atoms with Crippen LogP contribution in [0.2, 0.25) is 0 Å². The quantitative estimate of drug-likeness (QED) is 0.515. The van der Waals surface area contributed by atoms with E-state index in [4.69, 9.17) is 4.74 Å². The fraction of sp³-hybridized carbons (Fsp3) is 0.368. The van der Waals surface area contributed by atoms with Gasteiger partial charge in [-0.1, -0.05) is 6.42 Å². The van der Waals surface area contributed by atoms with E-state index in [0.717, 1.165) is 48.2 Å². The standard InChI is InChI=1S/C19H20N4O3S2/c1-23-9-11(8-20-23)17-21-13(10-27-17)16(24)22-18-15(19(25)26-2)12-6-4-3-5-7-14(12)28-18/h8-10H,3-7H2,1-2H3,(H,22,24). The van der Waals surface area contributed by atoms with Crippen molar-refractivity contribution in [2.75, 3.05) is 12.4 Å². The summed E-state index contributed by atoms with van der Waals surface area (Å²) >= 11 is 2.86. The van der Waals surface area contributed by atoms with E-state index in [2.05, 4.69) is 15.4 Å². The molecule has 0 saturated carbocycles. The monoisotopic (exact) mass is 416 g/mol. The molecule has 28 heavy (non-hydrogen) atoms. The molecule has 9 heteroatoms. The molecule has 3 aromatic rings. The summed E-state index contributed by atoms with van der Waals surface area (Å²) in [5, 5.41) is 10.0. The Morgan fingerprint density at radius 1 is 1.25 bits per heavy atom. The van der Waals surface area contributed by atoms with Gasteiger partial charge in [0.15, 0.2) is 0 Å². The van der Waals surface area contributed by atoms with Crippen molar-refractivity contribution in [2.24, 2.45) is 7.05 Å². The van der Waals surface area contributed by atoms with Gasteiger partial charge in [-0.2, -0.15) is 5.10 Å². The minimum Gasteiger partial charge on any atom is -0.465 e. The molecular formula is C19H20N4O3S2. The van der Waals surface area contributed by atoms with E-state index in [-0.39, 0.29) is 5.91 Å². The third-order valence-electron chi connectivity index (χ3n) is 4.73. The van der Waals surface area contributed by atoms with E-state index in [1.165, 1.54) is 34.7 Å². The number of nitrogens with zero attached hydrogens (tertiary/aromatic N) is 3. The van der Waals surface area contributed by atoms with Crippen molar-refractivity contribution in [1.82, 2.24) is 14.8 Å². The topological polar surface area (TPSA) is 86.1 Å². The highest BCUT2D eigenvalue weighted by atomic mass is 32.1. The third kappa shape index (κ3) is 3.59. The summed E-state index contributed by atoms with van der Waals surface area (Å²) < 4.78 is 6.68. The molecular weight excluding hydrogens is 396 g/mol. The zero-order valence-corrected chi connectivity index (χ0v) is 17.3. The number of esters is 1. The first-order valence-corrected chi connectivity index (χ1v) is 10.7. The minimum atomic E-state index is -0.399. The number of ether oxygens (including phenoxy) is 1. The van der Waals surface area contributed by atoms with Crippen LogP contribution in [0, 0.1) is 0 Å². The van der Waals surface area contributed by atoms with E-state index in [0.29, 0.717) is 16.3 Å². The lowest BCUT2D eigenvalue weighted by Crippen LogP contribution is -2.15. The van der Waals surface area contributed by atoms with E-state index in [1.807, 2.05) is 13.2 Å². The van der Waals surface area contributed by atoms with Crippen LogP contribution in [0.4, 0.5) is 5.00 Å². The first-order chi connectivity index (χ1) is 13.6. The number of carbonyl (C=O) groups is 2. The number of aryl methyl sites for hydroxylation is 2. The Morgan fingerprint density at radius 2 is 2.07 bits per heavy atom. The molecule has 0 fully saturated rings. The number of thiazole rings is 1. The van der Waals surface area contributed by atoms with Crippen LogP contribution in [0.1, 0.15) is 50.5 Å². The Morgan fingerprint density at radius 3 is 2.82 bits per heavy atom. The molecule has 0 saturated heterocycles. The van der Waals surface area contributed by atoms with E-state index in [9.17, 15) is 9.59 Å². The van der Waals surface area contributed by atoms with Gasteiger partial charge in [0, 0.05) is 29.1 Å². The van der Waals surface area contributed by atoms with Gasteiger partial charge in [0.05, 0.1) is 18.9 Å². The zero-order chi connectivity index (χ0) is 19.7. The Bertz CT molecular complexity index is 1030. The number of rotatable bonds is 4. The summed E-state index contributed by atoms with van der Waals surface area (Å²) in [4.78, 5) is 30.8. The number of hydrogen-bond acceptors (Lipinski definition) is 7. The molecule has 0 bridgehead atoms. The molecule has 4 rings (SSSR count). The van der Waals surface area contributed by atoms with Crippen LogP contribution in [0.3, 0.4) is 0 Å². The lowest BCUT2D eigenvalue weighted by molar-refractivity contribution is 0.0601. The lowest BCUT2D eigenvalue weighted by atomic mass is 10.1. The molecule has 1 aliphatic carbocycles. The van der Waals surface area contributed by atoms with Gasteiger partial charge in [0.1, 0.15) is 15.7 Å². The van der Waals surface area contributed by atoms with Gasteiger partial charge in [-0.05, 0) is 31.2 Å². The molecule has 0 atom stereocenters. The highest BCUT2D eigenvalue weighted by Crippen LogP contribution is 2.38. The smallest absolute Gasteiger partial charge is 0.341 e. The van der Waals surface area contributed by atoms with Gasteiger partial charge in [-0.15, -0.1) is 22.7 Å². The van der Waals surface area contributed by atoms with Gasteiger partial charge in [0.2, 0.25) is 0 Å². The lowest BCUT2D eigenvalue weighted by Gasteiger charge is -2.06. The maximum Gasteiger partial charge on any atom is 0.341 e. The largest absolute Gasteiger partial charge is 0.465 e. The highest BCUT2D eigenvalue weighted by Gasteiger charge is 2.27. The van der Waals surface area contributed by atoms with Crippen LogP contribution >= 0.6 is 22.7 Å². The fourth-order valence-electron chi connectivity index (χ4n) is 3.36. The third-order valence-corrected chi connectivity index (χ3v) is 6.83. The summed E-state index contributed by atoms with van der Waals surface area (Å²) in [6.45, 7) is 0. The molecule has 7 nitrogen and oxygen atoms in total. The van der Waals surface area contributed by atoms with Gasteiger partial charge in [0.25, 0.3) is 5.91 Å². The first kappa shape index (κ1) is 18.8. The Balaban J connectivity index is 1.61. The number of aromatic nitrogens is 3. The molecule has 3 aromatic heterocycles. The van der Waals surface area contributed by atoms with E-state index < -0.39 is 5.97 Å². The maximum absolute atomic E-state index is 12.8. The van der Waals surface area contributed by atoms with Gasteiger partial charge in [-0.3, -0.25) is 9.48 Å². The second-order valence-corrected chi connectivity index (χ2v) is 8.62. The van der Waals surface area contributed by atoms with Crippen LogP contribution in [0.15, 0.2) is 17.8 Å². The van der Waals surface area contributed by atoms with Crippen molar-refractivity contribution in [2.45, 2.75) is 32.1 Å². The normalized spacial score (nSPS) is 13.6. The van der Waals surface area contributed by atoms with E-state index in [1.54, 1.807) is 16.3 Å². The fourth-order valence-corrected chi connectivity index (χ4v) is 5.41. The molecule has 1 amide bonds. The van der Waals surface area contributed by atoms with Crippen LogP contribution in [0.5, 0.6) is 0 Å². The van der Waals surface area contributed by atoms with Crippen LogP contribution < -0.4 is 5.32 Å². The second kappa shape index (κ2) is 7.84. The first-order valence-electron chi connectivity index (χ1n) is 9.05. The maximum atomic E-state index is 12.8. The molecule has 0 unspecified atom stereocenters. The summed E-state index contributed by atoms with van der Waals surface area (Å²) in [5.74, 6) is -0.725. The highest BCUT2D eigenvalue weighted by molar-refractivity contribution is 7.17. The Labute approximate surface area is 170 Å². The Hall–Kier alpha value is -2.52. The summed E-state index contributed by atoms with van der Waals surface area (Å²) in [6, 6.07) is 0. The predicted molar refractivity (Wildman–Crippen MR) is 109 cm³/mol. The molecule has 0 radical (unpaired) electrons. The predicted octanol–water partition coefficient (Wildman–Crippen LogP) is 3.91. The van der Waals surface area contributed by atoms with Crippen LogP contribution in [-0.2, 0) is 24.6 Å². The second-order valence-electron chi connectivity index (χ2n) is 6.65. The molecule has 1 aliphatic rings. The van der Waals surface area contributed by atoms with Crippen LogP contribution in [-0.4, -0.2) is 33.8 Å². The number of amides is 1. The number of hydrogen-bond donors (Lipinski definition) is 1. The van der Waals surface area contributed by atoms with Gasteiger partial charge >= 0.3 is 5.97 Å². The van der Waals surface area contributed by atoms with Gasteiger partial charge in [-0.25, -0.2) is 9.78 Å².